The van der Waals surface area contributed by atoms with Gasteiger partial charge in [-0.3, -0.25) is 14.9 Å². The zero-order valence-corrected chi connectivity index (χ0v) is 18.2. The van der Waals surface area contributed by atoms with Gasteiger partial charge in [0.2, 0.25) is 0 Å². The van der Waals surface area contributed by atoms with Crippen LogP contribution in [0.2, 0.25) is 0 Å². The van der Waals surface area contributed by atoms with Gasteiger partial charge >= 0.3 is 0 Å². The highest BCUT2D eigenvalue weighted by Gasteiger charge is 2.13. The summed E-state index contributed by atoms with van der Waals surface area (Å²) in [5.74, 6) is 1.33. The van der Waals surface area contributed by atoms with E-state index in [1.807, 2.05) is 43.7 Å². The molecule has 3 aromatic heterocycles. The maximum Gasteiger partial charge on any atom is 0.180 e. The van der Waals surface area contributed by atoms with Crippen molar-refractivity contribution in [3.8, 4) is 33.9 Å². The molecule has 1 N–H and O–H groups in total. The fraction of sp³-hybridized carbons (Fsp3) is 0.231. The van der Waals surface area contributed by atoms with Crippen molar-refractivity contribution in [2.45, 2.75) is 19.4 Å². The van der Waals surface area contributed by atoms with Gasteiger partial charge in [-0.05, 0) is 55.3 Å². The van der Waals surface area contributed by atoms with Gasteiger partial charge in [0.1, 0.15) is 11.5 Å². The van der Waals surface area contributed by atoms with Gasteiger partial charge < -0.3 is 5.32 Å². The van der Waals surface area contributed by atoms with Crippen molar-refractivity contribution in [3.05, 3.63) is 78.8 Å². The third-order valence-electron chi connectivity index (χ3n) is 5.80. The van der Waals surface area contributed by atoms with Crippen molar-refractivity contribution in [1.82, 2.24) is 24.8 Å². The molecule has 1 saturated heterocycles. The fourth-order valence-corrected chi connectivity index (χ4v) is 4.07. The Bertz CT molecular complexity index is 1180. The smallest absolute Gasteiger partial charge is 0.180 e. The number of likely N-dealkylation sites (tertiary alicyclic amines) is 1. The van der Waals surface area contributed by atoms with Gasteiger partial charge in [-0.25, -0.2) is 9.97 Å². The molecule has 0 aliphatic carbocycles. The Kier molecular flexibility index (Phi) is 5.85. The molecule has 5 rings (SSSR count). The molecule has 0 atom stereocenters. The maximum absolute atomic E-state index is 4.77. The molecular weight excluding hydrogens is 396 g/mol. The number of hydrogen-bond acceptors (Lipinski definition) is 6. The Labute approximate surface area is 188 Å². The van der Waals surface area contributed by atoms with E-state index in [0.29, 0.717) is 5.82 Å². The fourth-order valence-electron chi connectivity index (χ4n) is 4.07. The van der Waals surface area contributed by atoms with Crippen LogP contribution in [0.4, 0.5) is 5.82 Å². The van der Waals surface area contributed by atoms with E-state index in [1.165, 1.54) is 31.5 Å². The molecule has 1 aliphatic rings. The molecule has 0 amide bonds. The largest absolute Gasteiger partial charge is 0.373 e. The highest BCUT2D eigenvalue weighted by molar-refractivity contribution is 5.72. The van der Waals surface area contributed by atoms with Crippen molar-refractivity contribution in [2.75, 3.05) is 25.5 Å². The molecule has 160 valence electrons. The van der Waals surface area contributed by atoms with Crippen molar-refractivity contribution in [2.24, 2.45) is 0 Å². The van der Waals surface area contributed by atoms with Gasteiger partial charge in [-0.2, -0.15) is 0 Å². The number of benzene rings is 1. The van der Waals surface area contributed by atoms with Crippen LogP contribution in [0.5, 0.6) is 0 Å². The summed E-state index contributed by atoms with van der Waals surface area (Å²) in [5, 5.41) is 3.13. The van der Waals surface area contributed by atoms with E-state index in [2.05, 4.69) is 55.5 Å². The average molecular weight is 423 g/mol. The molecule has 6 heteroatoms. The first kappa shape index (κ1) is 20.3. The Morgan fingerprint density at radius 2 is 1.66 bits per heavy atom. The molecule has 0 radical (unpaired) electrons. The number of pyridine rings is 2. The lowest BCUT2D eigenvalue weighted by Gasteiger charge is -2.14. The first-order valence-electron chi connectivity index (χ1n) is 11.0. The summed E-state index contributed by atoms with van der Waals surface area (Å²) in [6.07, 6.45) is 8.13. The maximum atomic E-state index is 4.77. The lowest BCUT2D eigenvalue weighted by molar-refractivity contribution is 0.331. The van der Waals surface area contributed by atoms with E-state index in [1.54, 1.807) is 6.20 Å². The molecule has 0 saturated carbocycles. The first-order chi connectivity index (χ1) is 15.8. The molecule has 0 spiro atoms. The van der Waals surface area contributed by atoms with E-state index in [9.17, 15) is 0 Å². The molecule has 6 nitrogen and oxygen atoms in total. The third-order valence-corrected chi connectivity index (χ3v) is 5.80. The van der Waals surface area contributed by atoms with Crippen LogP contribution in [-0.4, -0.2) is 45.0 Å². The van der Waals surface area contributed by atoms with Crippen LogP contribution in [0.1, 0.15) is 18.4 Å². The van der Waals surface area contributed by atoms with Crippen molar-refractivity contribution >= 4 is 5.82 Å². The Morgan fingerprint density at radius 1 is 0.844 bits per heavy atom. The van der Waals surface area contributed by atoms with Crippen LogP contribution < -0.4 is 5.32 Å². The molecule has 0 bridgehead atoms. The van der Waals surface area contributed by atoms with Crippen LogP contribution in [0.3, 0.4) is 0 Å². The topological polar surface area (TPSA) is 66.8 Å². The van der Waals surface area contributed by atoms with E-state index < -0.39 is 0 Å². The molecule has 1 aromatic carbocycles. The van der Waals surface area contributed by atoms with Gasteiger partial charge in [0.05, 0.1) is 5.69 Å². The second-order valence-corrected chi connectivity index (χ2v) is 8.07. The molecule has 4 aromatic rings. The normalized spacial score (nSPS) is 13.9. The second-order valence-electron chi connectivity index (χ2n) is 8.07. The predicted molar refractivity (Wildman–Crippen MR) is 128 cm³/mol. The summed E-state index contributed by atoms with van der Waals surface area (Å²) in [6.45, 7) is 3.45. The van der Waals surface area contributed by atoms with Crippen LogP contribution in [0.25, 0.3) is 33.9 Å². The quantitative estimate of drug-likeness (QED) is 0.476. The van der Waals surface area contributed by atoms with Gasteiger partial charge in [0.15, 0.2) is 5.82 Å². The first-order valence-corrected chi connectivity index (χ1v) is 11.0. The monoisotopic (exact) mass is 422 g/mol. The minimum absolute atomic E-state index is 0.587. The summed E-state index contributed by atoms with van der Waals surface area (Å²) in [4.78, 5) is 20.8. The molecule has 4 heterocycles. The van der Waals surface area contributed by atoms with Crippen LogP contribution in [0.15, 0.2) is 73.2 Å². The van der Waals surface area contributed by atoms with Crippen molar-refractivity contribution < 1.29 is 0 Å². The highest BCUT2D eigenvalue weighted by Crippen LogP contribution is 2.27. The van der Waals surface area contributed by atoms with Crippen LogP contribution in [-0.2, 0) is 6.54 Å². The number of anilines is 1. The van der Waals surface area contributed by atoms with E-state index in [0.717, 1.165) is 40.4 Å². The average Bonchev–Trinajstić information content (AvgIpc) is 3.38. The second kappa shape index (κ2) is 9.24. The molecule has 0 unspecified atom stereocenters. The highest BCUT2D eigenvalue weighted by atomic mass is 15.1. The van der Waals surface area contributed by atoms with E-state index in [-0.39, 0.29) is 0 Å². The van der Waals surface area contributed by atoms with Crippen LogP contribution >= 0.6 is 0 Å². The van der Waals surface area contributed by atoms with E-state index in [4.69, 9.17) is 4.98 Å². The van der Waals surface area contributed by atoms with Crippen molar-refractivity contribution in [3.63, 3.8) is 0 Å². The lowest BCUT2D eigenvalue weighted by atomic mass is 10.0. The summed E-state index contributed by atoms with van der Waals surface area (Å²) in [5.41, 5.74) is 6.07. The molecule has 32 heavy (non-hydrogen) atoms. The number of rotatable bonds is 6. The molecule has 1 fully saturated rings. The Hall–Kier alpha value is -3.64. The number of nitrogens with one attached hydrogen (secondary N) is 1. The van der Waals surface area contributed by atoms with Gasteiger partial charge in [0, 0.05) is 49.4 Å². The minimum Gasteiger partial charge on any atom is -0.373 e. The van der Waals surface area contributed by atoms with Gasteiger partial charge in [-0.1, -0.05) is 30.3 Å². The molecular formula is C26H26N6. The van der Waals surface area contributed by atoms with Crippen molar-refractivity contribution in [1.29, 1.82) is 0 Å². The van der Waals surface area contributed by atoms with E-state index >= 15 is 0 Å². The lowest BCUT2D eigenvalue weighted by Crippen LogP contribution is -2.18. The van der Waals surface area contributed by atoms with Gasteiger partial charge in [-0.15, -0.1) is 0 Å². The van der Waals surface area contributed by atoms with Gasteiger partial charge in [0.25, 0.3) is 0 Å². The Balaban J connectivity index is 1.44. The molecule has 1 aliphatic heterocycles. The number of nitrogens with zero attached hydrogens (tertiary/aromatic N) is 5. The summed E-state index contributed by atoms with van der Waals surface area (Å²) >= 11 is 0. The zero-order chi connectivity index (χ0) is 21.8. The summed E-state index contributed by atoms with van der Waals surface area (Å²) in [6, 6.07) is 18.6. The number of aromatic nitrogens is 4. The standard InChI is InChI=1S/C26H26N6/c1-27-25-15-24(30-26(31-25)23-6-2-3-11-29-23)22-14-21(16-28-17-22)20-9-7-19(8-10-20)18-32-12-4-5-13-32/h2-3,6-11,14-17H,4-5,12-13,18H2,1H3,(H,27,30,31). The minimum atomic E-state index is 0.587. The van der Waals surface area contributed by atoms with Crippen LogP contribution in [0, 0.1) is 0 Å². The third kappa shape index (κ3) is 4.50. The summed E-state index contributed by atoms with van der Waals surface area (Å²) in [7, 11) is 1.85. The predicted octanol–water partition coefficient (Wildman–Crippen LogP) is 4.91. The Morgan fingerprint density at radius 3 is 2.41 bits per heavy atom. The summed E-state index contributed by atoms with van der Waals surface area (Å²) < 4.78 is 0. The zero-order valence-electron chi connectivity index (χ0n) is 18.2. The SMILES string of the molecule is CNc1cc(-c2cncc(-c3ccc(CN4CCCC4)cc3)c2)nc(-c2ccccn2)n1. The number of hydrogen-bond donors (Lipinski definition) is 1.